The van der Waals surface area contributed by atoms with Crippen LogP contribution in [0.1, 0.15) is 0 Å². The van der Waals surface area contributed by atoms with Gasteiger partial charge in [-0.05, 0) is 11.1 Å². The van der Waals surface area contributed by atoms with E-state index in [0.29, 0.717) is 5.92 Å². The molecule has 0 saturated carbocycles. The molecule has 1 nitrogen and oxygen atoms in total. The van der Waals surface area contributed by atoms with Crippen LogP contribution in [0.15, 0.2) is 59.8 Å². The highest BCUT2D eigenvalue weighted by atomic mass is 16.5. The normalized spacial score (nSPS) is 20.1. The summed E-state index contributed by atoms with van der Waals surface area (Å²) in [4.78, 5) is 0. The number of allylic oxidation sites excluding steroid dienone is 8. The average Bonchev–Trinajstić information content (AvgIpc) is 2.50. The number of rotatable bonds is 2. The average molecular weight is 186 g/mol. The first kappa shape index (κ1) is 9.22. The van der Waals surface area contributed by atoms with Gasteiger partial charge < -0.3 is 4.74 Å². The van der Waals surface area contributed by atoms with E-state index >= 15 is 0 Å². The summed E-state index contributed by atoms with van der Waals surface area (Å²) in [6.07, 6.45) is 16.9. The van der Waals surface area contributed by atoms with Gasteiger partial charge in [0, 0.05) is 13.0 Å². The van der Waals surface area contributed by atoms with Crippen molar-refractivity contribution in [2.45, 2.75) is 0 Å². The van der Waals surface area contributed by atoms with Crippen LogP contribution in [0.3, 0.4) is 0 Å². The Morgan fingerprint density at radius 2 is 1.57 bits per heavy atom. The van der Waals surface area contributed by atoms with Crippen molar-refractivity contribution in [3.8, 4) is 0 Å². The maximum atomic E-state index is 5.25. The van der Waals surface area contributed by atoms with E-state index in [0.717, 1.165) is 6.61 Å². The molecular weight excluding hydrogens is 172 g/mol. The number of hydrogen-bond donors (Lipinski definition) is 0. The summed E-state index contributed by atoms with van der Waals surface area (Å²) in [6.45, 7) is 0.744. The Balaban J connectivity index is 2.39. The number of hydrogen-bond acceptors (Lipinski definition) is 1. The lowest BCUT2D eigenvalue weighted by Gasteiger charge is -2.16. The van der Waals surface area contributed by atoms with E-state index in [1.165, 1.54) is 11.1 Å². The van der Waals surface area contributed by atoms with Crippen molar-refractivity contribution in [1.82, 2.24) is 0 Å². The largest absolute Gasteiger partial charge is 0.384 e. The molecule has 0 N–H and O–H groups in total. The highest BCUT2D eigenvalue weighted by Gasteiger charge is 2.17. The predicted octanol–water partition coefficient (Wildman–Crippen LogP) is 2.80. The SMILES string of the molecule is COCC1C2=CC=CC=C1C=CC=C2. The topological polar surface area (TPSA) is 9.23 Å². The number of fused-ring (bicyclic) bond motifs is 2. The Labute approximate surface area is 84.8 Å². The molecular formula is C13H14O. The van der Waals surface area contributed by atoms with Crippen LogP contribution in [0, 0.1) is 5.92 Å². The third kappa shape index (κ3) is 1.78. The van der Waals surface area contributed by atoms with Gasteiger partial charge >= 0.3 is 0 Å². The van der Waals surface area contributed by atoms with Crippen molar-refractivity contribution in [2.24, 2.45) is 5.92 Å². The summed E-state index contributed by atoms with van der Waals surface area (Å²) in [5.74, 6) is 0.380. The van der Waals surface area contributed by atoms with Gasteiger partial charge in [-0.25, -0.2) is 0 Å². The second kappa shape index (κ2) is 4.25. The van der Waals surface area contributed by atoms with Crippen molar-refractivity contribution >= 4 is 0 Å². The van der Waals surface area contributed by atoms with Crippen LogP contribution >= 0.6 is 0 Å². The highest BCUT2D eigenvalue weighted by molar-refractivity contribution is 5.45. The number of methoxy groups -OCH3 is 1. The van der Waals surface area contributed by atoms with E-state index < -0.39 is 0 Å². The minimum absolute atomic E-state index is 0.380. The van der Waals surface area contributed by atoms with E-state index in [2.05, 4.69) is 48.6 Å². The fourth-order valence-corrected chi connectivity index (χ4v) is 1.79. The van der Waals surface area contributed by atoms with Crippen LogP contribution in [0.25, 0.3) is 0 Å². The van der Waals surface area contributed by atoms with Crippen LogP contribution in [0.2, 0.25) is 0 Å². The van der Waals surface area contributed by atoms with Gasteiger partial charge in [0.05, 0.1) is 6.61 Å². The van der Waals surface area contributed by atoms with Crippen molar-refractivity contribution in [2.75, 3.05) is 13.7 Å². The smallest absolute Gasteiger partial charge is 0.0571 e. The summed E-state index contributed by atoms with van der Waals surface area (Å²) in [7, 11) is 1.75. The fourth-order valence-electron chi connectivity index (χ4n) is 1.79. The molecule has 2 aliphatic carbocycles. The molecule has 0 saturated heterocycles. The maximum absolute atomic E-state index is 5.25. The Bertz CT molecular complexity index is 321. The van der Waals surface area contributed by atoms with Crippen molar-refractivity contribution in [1.29, 1.82) is 0 Å². The second-order valence-corrected chi connectivity index (χ2v) is 3.44. The van der Waals surface area contributed by atoms with Gasteiger partial charge in [-0.2, -0.15) is 0 Å². The van der Waals surface area contributed by atoms with Crippen molar-refractivity contribution < 1.29 is 4.74 Å². The van der Waals surface area contributed by atoms with Gasteiger partial charge in [0.25, 0.3) is 0 Å². The van der Waals surface area contributed by atoms with Gasteiger partial charge in [0.15, 0.2) is 0 Å². The summed E-state index contributed by atoms with van der Waals surface area (Å²) in [6, 6.07) is 0. The summed E-state index contributed by atoms with van der Waals surface area (Å²) < 4.78 is 5.25. The molecule has 0 aromatic carbocycles. The molecule has 0 radical (unpaired) electrons. The lowest BCUT2D eigenvalue weighted by Crippen LogP contribution is -2.11. The van der Waals surface area contributed by atoms with E-state index in [1.54, 1.807) is 7.11 Å². The van der Waals surface area contributed by atoms with Gasteiger partial charge in [0.1, 0.15) is 0 Å². The first-order chi connectivity index (χ1) is 6.92. The van der Waals surface area contributed by atoms with Crippen molar-refractivity contribution in [3.05, 3.63) is 59.8 Å². The first-order valence-corrected chi connectivity index (χ1v) is 4.84. The Hall–Kier alpha value is -1.34. The Morgan fingerprint density at radius 1 is 1.00 bits per heavy atom. The second-order valence-electron chi connectivity index (χ2n) is 3.44. The van der Waals surface area contributed by atoms with Gasteiger partial charge in [-0.1, -0.05) is 48.6 Å². The molecule has 0 amide bonds. The molecule has 0 atom stereocenters. The van der Waals surface area contributed by atoms with Gasteiger partial charge in [-0.3, -0.25) is 0 Å². The third-order valence-corrected chi connectivity index (χ3v) is 2.51. The number of ether oxygens (including phenoxy) is 1. The molecule has 1 heteroatoms. The zero-order valence-electron chi connectivity index (χ0n) is 8.31. The molecule has 0 aromatic heterocycles. The standard InChI is InChI=1S/C13H14O/c1-14-10-13-11-6-2-3-7-12(13)9-5-4-8-11/h2-9,13H,10H2,1H3. The molecule has 0 fully saturated rings. The molecule has 2 rings (SSSR count). The van der Waals surface area contributed by atoms with E-state index in [1.807, 2.05) is 0 Å². The molecule has 72 valence electrons. The summed E-state index contributed by atoms with van der Waals surface area (Å²) in [5.41, 5.74) is 2.63. The molecule has 0 aromatic rings. The molecule has 0 unspecified atom stereocenters. The highest BCUT2D eigenvalue weighted by Crippen LogP contribution is 2.27. The zero-order valence-corrected chi connectivity index (χ0v) is 8.31. The minimum Gasteiger partial charge on any atom is -0.384 e. The van der Waals surface area contributed by atoms with Gasteiger partial charge in [0.2, 0.25) is 0 Å². The van der Waals surface area contributed by atoms with Crippen LogP contribution < -0.4 is 0 Å². The van der Waals surface area contributed by atoms with Crippen LogP contribution in [0.4, 0.5) is 0 Å². The Morgan fingerprint density at radius 3 is 2.07 bits per heavy atom. The first-order valence-electron chi connectivity index (χ1n) is 4.84. The van der Waals surface area contributed by atoms with Crippen LogP contribution in [0.5, 0.6) is 0 Å². The molecule has 2 bridgehead atoms. The molecule has 14 heavy (non-hydrogen) atoms. The fraction of sp³-hybridized carbons (Fsp3) is 0.231. The van der Waals surface area contributed by atoms with Crippen LogP contribution in [-0.4, -0.2) is 13.7 Å². The zero-order chi connectivity index (χ0) is 9.80. The predicted molar refractivity (Wildman–Crippen MR) is 59.0 cm³/mol. The van der Waals surface area contributed by atoms with E-state index in [4.69, 9.17) is 4.74 Å². The van der Waals surface area contributed by atoms with E-state index in [-0.39, 0.29) is 0 Å². The monoisotopic (exact) mass is 186 g/mol. The van der Waals surface area contributed by atoms with E-state index in [9.17, 15) is 0 Å². The summed E-state index contributed by atoms with van der Waals surface area (Å²) >= 11 is 0. The third-order valence-electron chi connectivity index (χ3n) is 2.51. The molecule has 2 aliphatic rings. The molecule has 0 aliphatic heterocycles. The lowest BCUT2D eigenvalue weighted by atomic mass is 9.92. The van der Waals surface area contributed by atoms with Crippen LogP contribution in [-0.2, 0) is 4.74 Å². The molecule has 0 spiro atoms. The maximum Gasteiger partial charge on any atom is 0.0571 e. The van der Waals surface area contributed by atoms with Gasteiger partial charge in [-0.15, -0.1) is 0 Å². The minimum atomic E-state index is 0.380. The van der Waals surface area contributed by atoms with Crippen molar-refractivity contribution in [3.63, 3.8) is 0 Å². The summed E-state index contributed by atoms with van der Waals surface area (Å²) in [5, 5.41) is 0. The Kier molecular flexibility index (Phi) is 2.80. The quantitative estimate of drug-likeness (QED) is 0.644. The lowest BCUT2D eigenvalue weighted by molar-refractivity contribution is 0.179. The molecule has 0 heterocycles.